The minimum Gasteiger partial charge on any atom is -0.392 e. The van der Waals surface area contributed by atoms with E-state index in [1.807, 2.05) is 30.3 Å². The molecule has 2 aromatic rings. The smallest absolute Gasteiger partial charge is 0.244 e. The maximum Gasteiger partial charge on any atom is 0.244 e. The molecule has 0 aliphatic heterocycles. The van der Waals surface area contributed by atoms with Crippen LogP contribution in [0.4, 0.5) is 0 Å². The predicted octanol–water partition coefficient (Wildman–Crippen LogP) is 2.76. The highest BCUT2D eigenvalue weighted by atomic mass is 79.9. The van der Waals surface area contributed by atoms with E-state index in [0.717, 1.165) is 5.56 Å². The highest BCUT2D eigenvalue weighted by Gasteiger charge is 2.23. The van der Waals surface area contributed by atoms with Gasteiger partial charge in [0.1, 0.15) is 0 Å². The van der Waals surface area contributed by atoms with Gasteiger partial charge in [-0.1, -0.05) is 36.4 Å². The average Bonchev–Trinajstić information content (AvgIpc) is 2.48. The summed E-state index contributed by atoms with van der Waals surface area (Å²) in [6.07, 6.45) is 0. The molecule has 0 unspecified atom stereocenters. The molecule has 0 radical (unpaired) electrons. The van der Waals surface area contributed by atoms with Crippen molar-refractivity contribution in [2.75, 3.05) is 7.05 Å². The fraction of sp³-hybridized carbons (Fsp3) is 0.200. The van der Waals surface area contributed by atoms with E-state index in [9.17, 15) is 8.42 Å². The fourth-order valence-corrected chi connectivity index (χ4v) is 4.07. The zero-order valence-corrected chi connectivity index (χ0v) is 13.9. The van der Waals surface area contributed by atoms with E-state index in [1.54, 1.807) is 19.2 Å². The lowest BCUT2D eigenvalue weighted by atomic mass is 10.2. The van der Waals surface area contributed by atoms with Gasteiger partial charge in [0.05, 0.1) is 11.5 Å². The van der Waals surface area contributed by atoms with Crippen LogP contribution >= 0.6 is 15.9 Å². The summed E-state index contributed by atoms with van der Waals surface area (Å²) in [6.45, 7) is 0.0944. The van der Waals surface area contributed by atoms with Crippen molar-refractivity contribution in [1.29, 1.82) is 0 Å². The van der Waals surface area contributed by atoms with E-state index in [4.69, 9.17) is 5.11 Å². The van der Waals surface area contributed by atoms with E-state index in [2.05, 4.69) is 15.9 Å². The number of hydrogen-bond acceptors (Lipinski definition) is 3. The van der Waals surface area contributed by atoms with Crippen molar-refractivity contribution in [2.24, 2.45) is 0 Å². The van der Waals surface area contributed by atoms with Gasteiger partial charge in [0, 0.05) is 18.1 Å². The maximum atomic E-state index is 12.6. The summed E-state index contributed by atoms with van der Waals surface area (Å²) < 4.78 is 27.1. The number of aliphatic hydroxyl groups is 1. The third-order valence-electron chi connectivity index (χ3n) is 3.11. The fourth-order valence-electron chi connectivity index (χ4n) is 1.94. The van der Waals surface area contributed by atoms with Crippen LogP contribution in [0, 0.1) is 0 Å². The minimum absolute atomic E-state index is 0.160. The molecule has 0 saturated carbocycles. The second-order valence-corrected chi connectivity index (χ2v) is 7.54. The Morgan fingerprint density at radius 1 is 1.10 bits per heavy atom. The van der Waals surface area contributed by atoms with E-state index in [-0.39, 0.29) is 11.5 Å². The quantitative estimate of drug-likeness (QED) is 0.881. The third-order valence-corrected chi connectivity index (χ3v) is 5.91. The molecule has 0 aliphatic rings. The Kier molecular flexibility index (Phi) is 5.16. The van der Waals surface area contributed by atoms with Crippen LogP contribution in [0.3, 0.4) is 0 Å². The second kappa shape index (κ2) is 6.70. The maximum absolute atomic E-state index is 12.6. The predicted molar refractivity (Wildman–Crippen MR) is 85.2 cm³/mol. The zero-order valence-electron chi connectivity index (χ0n) is 11.5. The molecule has 21 heavy (non-hydrogen) atoms. The molecule has 112 valence electrons. The standard InChI is InChI=1S/C15H16BrNO3S/c1-17(10-12-5-3-2-4-6-12)21(19,20)15-9-13(11-18)7-8-14(15)16/h2-9,18H,10-11H2,1H3. The minimum atomic E-state index is -3.63. The first kappa shape index (κ1) is 16.2. The zero-order chi connectivity index (χ0) is 15.5. The summed E-state index contributed by atoms with van der Waals surface area (Å²) in [5.41, 5.74) is 1.47. The molecular formula is C15H16BrNO3S. The average molecular weight is 370 g/mol. The van der Waals surface area contributed by atoms with Crippen molar-refractivity contribution in [2.45, 2.75) is 18.0 Å². The Morgan fingerprint density at radius 3 is 2.38 bits per heavy atom. The normalized spacial score (nSPS) is 11.8. The summed E-state index contributed by atoms with van der Waals surface area (Å²) in [4.78, 5) is 0.160. The van der Waals surface area contributed by atoms with Crippen LogP contribution in [0.2, 0.25) is 0 Å². The van der Waals surface area contributed by atoms with Crippen LogP contribution < -0.4 is 0 Å². The Labute approximate surface area is 133 Å². The number of halogens is 1. The first-order chi connectivity index (χ1) is 9.95. The van der Waals surface area contributed by atoms with Gasteiger partial charge in [-0.25, -0.2) is 8.42 Å². The summed E-state index contributed by atoms with van der Waals surface area (Å²) in [5, 5.41) is 9.17. The Morgan fingerprint density at radius 2 is 1.76 bits per heavy atom. The lowest BCUT2D eigenvalue weighted by molar-refractivity contribution is 0.281. The second-order valence-electron chi connectivity index (χ2n) is 4.67. The molecule has 0 saturated heterocycles. The van der Waals surface area contributed by atoms with Gasteiger partial charge in [0.25, 0.3) is 0 Å². The van der Waals surface area contributed by atoms with E-state index < -0.39 is 10.0 Å². The van der Waals surface area contributed by atoms with Crippen molar-refractivity contribution >= 4 is 26.0 Å². The monoisotopic (exact) mass is 369 g/mol. The van der Waals surface area contributed by atoms with Gasteiger partial charge in [0.15, 0.2) is 0 Å². The molecular weight excluding hydrogens is 354 g/mol. The Hall–Kier alpha value is -1.21. The highest BCUT2D eigenvalue weighted by molar-refractivity contribution is 9.10. The number of nitrogens with zero attached hydrogens (tertiary/aromatic N) is 1. The number of rotatable bonds is 5. The topological polar surface area (TPSA) is 57.6 Å². The van der Waals surface area contributed by atoms with Crippen molar-refractivity contribution in [3.05, 3.63) is 64.1 Å². The summed E-state index contributed by atoms with van der Waals surface area (Å²) in [6, 6.07) is 14.2. The van der Waals surface area contributed by atoms with Gasteiger partial charge >= 0.3 is 0 Å². The van der Waals surface area contributed by atoms with Gasteiger partial charge in [-0.15, -0.1) is 0 Å². The number of benzene rings is 2. The van der Waals surface area contributed by atoms with Crippen LogP contribution in [0.5, 0.6) is 0 Å². The number of aliphatic hydroxyl groups excluding tert-OH is 1. The van der Waals surface area contributed by atoms with Crippen LogP contribution in [0.1, 0.15) is 11.1 Å². The molecule has 0 amide bonds. The van der Waals surface area contributed by atoms with Crippen molar-refractivity contribution < 1.29 is 13.5 Å². The van der Waals surface area contributed by atoms with Crippen LogP contribution in [0.25, 0.3) is 0 Å². The lowest BCUT2D eigenvalue weighted by Gasteiger charge is -2.18. The van der Waals surface area contributed by atoms with Gasteiger partial charge in [-0.2, -0.15) is 4.31 Å². The summed E-state index contributed by atoms with van der Waals surface area (Å²) >= 11 is 3.26. The molecule has 0 fully saturated rings. The number of hydrogen-bond donors (Lipinski definition) is 1. The molecule has 0 heterocycles. The van der Waals surface area contributed by atoms with E-state index in [1.165, 1.54) is 10.4 Å². The van der Waals surface area contributed by atoms with Gasteiger partial charge in [-0.05, 0) is 39.2 Å². The Balaban J connectivity index is 2.33. The molecule has 4 nitrogen and oxygen atoms in total. The van der Waals surface area contributed by atoms with Gasteiger partial charge in [-0.3, -0.25) is 0 Å². The lowest BCUT2D eigenvalue weighted by Crippen LogP contribution is -2.27. The first-order valence-electron chi connectivity index (χ1n) is 6.34. The molecule has 0 atom stereocenters. The van der Waals surface area contributed by atoms with Crippen LogP contribution in [-0.2, 0) is 23.2 Å². The Bertz CT molecular complexity index is 717. The molecule has 0 aliphatic carbocycles. The third kappa shape index (κ3) is 3.71. The first-order valence-corrected chi connectivity index (χ1v) is 8.58. The molecule has 1 N–H and O–H groups in total. The molecule has 2 aromatic carbocycles. The molecule has 0 spiro atoms. The van der Waals surface area contributed by atoms with E-state index in [0.29, 0.717) is 16.6 Å². The summed E-state index contributed by atoms with van der Waals surface area (Å²) in [5.74, 6) is 0. The highest BCUT2D eigenvalue weighted by Crippen LogP contribution is 2.26. The largest absolute Gasteiger partial charge is 0.392 e. The number of sulfonamides is 1. The SMILES string of the molecule is CN(Cc1ccccc1)S(=O)(=O)c1cc(CO)ccc1Br. The van der Waals surface area contributed by atoms with Gasteiger partial charge < -0.3 is 5.11 Å². The van der Waals surface area contributed by atoms with Gasteiger partial charge in [0.2, 0.25) is 10.0 Å². The van der Waals surface area contributed by atoms with Crippen molar-refractivity contribution in [3.63, 3.8) is 0 Å². The van der Waals surface area contributed by atoms with Crippen molar-refractivity contribution in [1.82, 2.24) is 4.31 Å². The van der Waals surface area contributed by atoms with E-state index >= 15 is 0 Å². The molecule has 2 rings (SSSR count). The molecule has 0 bridgehead atoms. The molecule has 6 heteroatoms. The summed E-state index contributed by atoms with van der Waals surface area (Å²) in [7, 11) is -2.08. The van der Waals surface area contributed by atoms with Crippen LogP contribution in [0.15, 0.2) is 57.9 Å². The van der Waals surface area contributed by atoms with Crippen LogP contribution in [-0.4, -0.2) is 24.9 Å². The molecule has 0 aromatic heterocycles. The van der Waals surface area contributed by atoms with Crippen molar-refractivity contribution in [3.8, 4) is 0 Å².